The van der Waals surface area contributed by atoms with Gasteiger partial charge in [0.05, 0.1) is 6.61 Å². The summed E-state index contributed by atoms with van der Waals surface area (Å²) in [6, 6.07) is 7.60. The van der Waals surface area contributed by atoms with Crippen LogP contribution in [0.15, 0.2) is 24.3 Å². The van der Waals surface area contributed by atoms with Crippen LogP contribution in [0.5, 0.6) is 0 Å². The second-order valence-electron chi connectivity index (χ2n) is 4.87. The summed E-state index contributed by atoms with van der Waals surface area (Å²) in [7, 11) is 0. The average Bonchev–Trinajstić information content (AvgIpc) is 2.38. The van der Waals surface area contributed by atoms with Crippen LogP contribution in [-0.4, -0.2) is 25.2 Å². The molecule has 18 heavy (non-hydrogen) atoms. The Balaban J connectivity index is 2.05. The molecule has 98 valence electrons. The van der Waals surface area contributed by atoms with Gasteiger partial charge in [-0.15, -0.1) is 0 Å². The van der Waals surface area contributed by atoms with E-state index in [4.69, 9.17) is 10.5 Å². The summed E-state index contributed by atoms with van der Waals surface area (Å²) in [5.74, 6) is -0.149. The lowest BCUT2D eigenvalue weighted by Gasteiger charge is -2.29. The van der Waals surface area contributed by atoms with Gasteiger partial charge >= 0.3 is 0 Å². The Labute approximate surface area is 108 Å². The van der Waals surface area contributed by atoms with Crippen molar-refractivity contribution in [3.05, 3.63) is 29.8 Å². The number of aryl methyl sites for hydroxylation is 1. The van der Waals surface area contributed by atoms with Gasteiger partial charge in [0, 0.05) is 18.2 Å². The third-order valence-electron chi connectivity index (χ3n) is 3.35. The highest BCUT2D eigenvalue weighted by atomic mass is 16.5. The lowest BCUT2D eigenvalue weighted by Crippen LogP contribution is -2.44. The Morgan fingerprint density at radius 1 is 1.44 bits per heavy atom. The number of carbonyl (C=O) groups excluding carboxylic acids is 1. The van der Waals surface area contributed by atoms with Crippen LogP contribution in [-0.2, 0) is 9.53 Å². The van der Waals surface area contributed by atoms with Crippen molar-refractivity contribution in [1.29, 1.82) is 0 Å². The van der Waals surface area contributed by atoms with E-state index in [1.165, 1.54) is 5.56 Å². The van der Waals surface area contributed by atoms with E-state index in [1.54, 1.807) is 0 Å². The maximum atomic E-state index is 11.6. The van der Waals surface area contributed by atoms with Crippen LogP contribution in [0, 0.1) is 12.8 Å². The highest BCUT2D eigenvalue weighted by Gasteiger charge is 2.28. The van der Waals surface area contributed by atoms with Crippen LogP contribution in [0.2, 0.25) is 0 Å². The number of benzene rings is 1. The maximum absolute atomic E-state index is 11.6. The summed E-state index contributed by atoms with van der Waals surface area (Å²) < 4.78 is 5.42. The molecule has 2 unspecified atom stereocenters. The number of primary amides is 1. The lowest BCUT2D eigenvalue weighted by atomic mass is 9.93. The summed E-state index contributed by atoms with van der Waals surface area (Å²) in [4.78, 5) is 11.6. The largest absolute Gasteiger partial charge is 0.381 e. The van der Waals surface area contributed by atoms with E-state index in [0.29, 0.717) is 6.61 Å². The Hall–Kier alpha value is -1.55. The fraction of sp³-hybridized carbons (Fsp3) is 0.500. The number of nitrogens with one attached hydrogen (secondary N) is 1. The maximum Gasteiger partial charge on any atom is 0.240 e. The van der Waals surface area contributed by atoms with Crippen molar-refractivity contribution in [1.82, 2.24) is 0 Å². The summed E-state index contributed by atoms with van der Waals surface area (Å²) in [5.41, 5.74) is 7.61. The molecule has 1 fully saturated rings. The second-order valence-corrected chi connectivity index (χ2v) is 4.87. The Bertz CT molecular complexity index is 397. The quantitative estimate of drug-likeness (QED) is 0.852. The van der Waals surface area contributed by atoms with Crippen molar-refractivity contribution in [3.63, 3.8) is 0 Å². The number of amides is 1. The van der Waals surface area contributed by atoms with Gasteiger partial charge in [-0.25, -0.2) is 0 Å². The summed E-state index contributed by atoms with van der Waals surface area (Å²) in [6.45, 7) is 3.42. The zero-order chi connectivity index (χ0) is 13.0. The topological polar surface area (TPSA) is 64.3 Å². The molecule has 4 heteroatoms. The monoisotopic (exact) mass is 248 g/mol. The number of nitrogens with two attached hydrogens (primary N) is 1. The third-order valence-corrected chi connectivity index (χ3v) is 3.35. The number of hydrogen-bond acceptors (Lipinski definition) is 3. The molecule has 4 nitrogen and oxygen atoms in total. The van der Waals surface area contributed by atoms with Gasteiger partial charge in [-0.1, -0.05) is 17.7 Å². The number of carbonyl (C=O) groups is 1. The van der Waals surface area contributed by atoms with Gasteiger partial charge in [0.2, 0.25) is 5.91 Å². The zero-order valence-electron chi connectivity index (χ0n) is 10.7. The SMILES string of the molecule is Cc1ccc(NC(C(N)=O)C2CCCOC2)cc1. The molecule has 0 aromatic heterocycles. The van der Waals surface area contributed by atoms with E-state index in [9.17, 15) is 4.79 Å². The van der Waals surface area contributed by atoms with Crippen molar-refractivity contribution in [3.8, 4) is 0 Å². The zero-order valence-corrected chi connectivity index (χ0v) is 10.7. The molecule has 0 radical (unpaired) electrons. The first-order chi connectivity index (χ1) is 8.66. The number of rotatable bonds is 4. The van der Waals surface area contributed by atoms with Crippen LogP contribution in [0.4, 0.5) is 5.69 Å². The molecule has 2 rings (SSSR count). The molecular formula is C14H20N2O2. The Kier molecular flexibility index (Phi) is 4.20. The van der Waals surface area contributed by atoms with E-state index in [2.05, 4.69) is 5.32 Å². The van der Waals surface area contributed by atoms with Gasteiger partial charge in [0.15, 0.2) is 0 Å². The smallest absolute Gasteiger partial charge is 0.240 e. The van der Waals surface area contributed by atoms with Crippen molar-refractivity contribution in [2.45, 2.75) is 25.8 Å². The molecule has 1 aromatic rings. The molecule has 1 heterocycles. The van der Waals surface area contributed by atoms with Crippen molar-refractivity contribution in [2.75, 3.05) is 18.5 Å². The normalized spacial score (nSPS) is 21.3. The Morgan fingerprint density at radius 2 is 2.17 bits per heavy atom. The minimum Gasteiger partial charge on any atom is -0.381 e. The summed E-state index contributed by atoms with van der Waals surface area (Å²) >= 11 is 0. The van der Waals surface area contributed by atoms with E-state index >= 15 is 0 Å². The molecular weight excluding hydrogens is 228 g/mol. The van der Waals surface area contributed by atoms with Crippen molar-refractivity contribution in [2.24, 2.45) is 11.7 Å². The molecule has 0 bridgehead atoms. The predicted octanol–water partition coefficient (Wildman–Crippen LogP) is 1.69. The van der Waals surface area contributed by atoms with Crippen LogP contribution in [0.25, 0.3) is 0 Å². The first kappa shape index (κ1) is 12.9. The van der Waals surface area contributed by atoms with Gasteiger partial charge in [-0.05, 0) is 31.9 Å². The summed E-state index contributed by atoms with van der Waals surface area (Å²) in [6.07, 6.45) is 1.97. The standard InChI is InChI=1S/C14H20N2O2/c1-10-4-6-12(7-5-10)16-13(14(15)17)11-3-2-8-18-9-11/h4-7,11,13,16H,2-3,8-9H2,1H3,(H2,15,17). The highest BCUT2D eigenvalue weighted by Crippen LogP contribution is 2.21. The summed E-state index contributed by atoms with van der Waals surface area (Å²) in [5, 5.41) is 3.22. The van der Waals surface area contributed by atoms with Gasteiger partial charge in [-0.2, -0.15) is 0 Å². The van der Waals surface area contributed by atoms with Gasteiger partial charge in [0.25, 0.3) is 0 Å². The minimum absolute atomic E-state index is 0.164. The van der Waals surface area contributed by atoms with E-state index in [-0.39, 0.29) is 17.9 Å². The van der Waals surface area contributed by atoms with Gasteiger partial charge in [-0.3, -0.25) is 4.79 Å². The average molecular weight is 248 g/mol. The first-order valence-electron chi connectivity index (χ1n) is 6.37. The Morgan fingerprint density at radius 3 is 2.72 bits per heavy atom. The molecule has 1 saturated heterocycles. The lowest BCUT2D eigenvalue weighted by molar-refractivity contribution is -0.121. The predicted molar refractivity (Wildman–Crippen MR) is 71.3 cm³/mol. The van der Waals surface area contributed by atoms with Gasteiger partial charge < -0.3 is 15.8 Å². The fourth-order valence-electron chi connectivity index (χ4n) is 2.28. The van der Waals surface area contributed by atoms with Crippen molar-refractivity contribution >= 4 is 11.6 Å². The van der Waals surface area contributed by atoms with Crippen molar-refractivity contribution < 1.29 is 9.53 Å². The second kappa shape index (κ2) is 5.87. The molecule has 0 aliphatic carbocycles. The molecule has 3 N–H and O–H groups in total. The highest BCUT2D eigenvalue weighted by molar-refractivity contribution is 5.83. The van der Waals surface area contributed by atoms with Gasteiger partial charge in [0.1, 0.15) is 6.04 Å². The molecule has 2 atom stereocenters. The molecule has 1 aromatic carbocycles. The van der Waals surface area contributed by atoms with E-state index in [1.807, 2.05) is 31.2 Å². The molecule has 1 aliphatic heterocycles. The van der Waals surface area contributed by atoms with Crippen LogP contribution in [0.1, 0.15) is 18.4 Å². The van der Waals surface area contributed by atoms with E-state index in [0.717, 1.165) is 25.1 Å². The van der Waals surface area contributed by atoms with Crippen LogP contribution in [0.3, 0.4) is 0 Å². The van der Waals surface area contributed by atoms with E-state index < -0.39 is 0 Å². The molecule has 1 aliphatic rings. The first-order valence-corrected chi connectivity index (χ1v) is 6.37. The molecule has 0 saturated carbocycles. The minimum atomic E-state index is -0.354. The molecule has 0 spiro atoms. The number of anilines is 1. The fourth-order valence-corrected chi connectivity index (χ4v) is 2.28. The number of hydrogen-bond donors (Lipinski definition) is 2. The molecule has 1 amide bonds. The number of ether oxygens (including phenoxy) is 1. The third kappa shape index (κ3) is 3.23. The van der Waals surface area contributed by atoms with Crippen LogP contribution < -0.4 is 11.1 Å². The van der Waals surface area contributed by atoms with Crippen LogP contribution >= 0.6 is 0 Å².